The van der Waals surface area contributed by atoms with Crippen molar-refractivity contribution < 1.29 is 26.4 Å². The zero-order valence-corrected chi connectivity index (χ0v) is 21.4. The molecular formula is C22H23ClN4O6S2. The van der Waals surface area contributed by atoms with E-state index >= 15 is 0 Å². The second-order valence-electron chi connectivity index (χ2n) is 7.41. The van der Waals surface area contributed by atoms with Crippen molar-refractivity contribution in [3.05, 3.63) is 72.0 Å². The fourth-order valence-electron chi connectivity index (χ4n) is 3.20. The van der Waals surface area contributed by atoms with Crippen LogP contribution in [0.2, 0.25) is 5.02 Å². The molecule has 2 N–H and O–H groups in total. The number of anilines is 3. The number of carbonyl (C=O) groups is 1. The molecule has 0 bridgehead atoms. The van der Waals surface area contributed by atoms with Crippen LogP contribution in [-0.4, -0.2) is 47.1 Å². The molecule has 1 heterocycles. The van der Waals surface area contributed by atoms with Crippen molar-refractivity contribution in [1.29, 1.82) is 0 Å². The average Bonchev–Trinajstić information content (AvgIpc) is 2.79. The number of methoxy groups -OCH3 is 1. The van der Waals surface area contributed by atoms with Crippen molar-refractivity contribution in [2.24, 2.45) is 0 Å². The summed E-state index contributed by atoms with van der Waals surface area (Å²) >= 11 is 6.14. The predicted octanol–water partition coefficient (Wildman–Crippen LogP) is 3.34. The van der Waals surface area contributed by atoms with Crippen LogP contribution in [0.5, 0.6) is 5.75 Å². The highest BCUT2D eigenvalue weighted by Gasteiger charge is 2.30. The molecule has 0 aliphatic heterocycles. The van der Waals surface area contributed by atoms with Gasteiger partial charge in [0.15, 0.2) is 0 Å². The molecule has 10 nitrogen and oxygen atoms in total. The third-order valence-electron chi connectivity index (χ3n) is 4.82. The number of pyridine rings is 1. The quantitative estimate of drug-likeness (QED) is 0.426. The van der Waals surface area contributed by atoms with Gasteiger partial charge in [-0.15, -0.1) is 0 Å². The van der Waals surface area contributed by atoms with Crippen LogP contribution in [0.15, 0.2) is 71.9 Å². The number of rotatable bonds is 9. The lowest BCUT2D eigenvalue weighted by molar-refractivity contribution is -0.116. The topological polar surface area (TPSA) is 135 Å². The zero-order chi connectivity index (χ0) is 25.8. The number of ether oxygens (including phenoxy) is 1. The molecule has 13 heteroatoms. The number of carbonyl (C=O) groups excluding carboxylic acids is 1. The molecule has 2 aromatic carbocycles. The minimum Gasteiger partial charge on any atom is -0.495 e. The van der Waals surface area contributed by atoms with Crippen LogP contribution >= 0.6 is 11.6 Å². The van der Waals surface area contributed by atoms with E-state index in [2.05, 4.69) is 15.0 Å². The highest BCUT2D eigenvalue weighted by Crippen LogP contribution is 2.31. The van der Waals surface area contributed by atoms with Gasteiger partial charge in [0.2, 0.25) is 15.9 Å². The molecule has 0 fully saturated rings. The normalized spacial score (nSPS) is 12.5. The molecule has 0 aliphatic rings. The number of nitrogens with one attached hydrogen (secondary N) is 2. The van der Waals surface area contributed by atoms with Gasteiger partial charge < -0.3 is 10.1 Å². The molecule has 3 aromatic rings. The number of benzene rings is 2. The van der Waals surface area contributed by atoms with Crippen LogP contribution in [0.1, 0.15) is 6.92 Å². The summed E-state index contributed by atoms with van der Waals surface area (Å²) in [6, 6.07) is 11.8. The number of aromatic nitrogens is 1. The summed E-state index contributed by atoms with van der Waals surface area (Å²) in [6.07, 6.45) is 3.87. The lowest BCUT2D eigenvalue weighted by atomic mass is 10.2. The molecule has 0 radical (unpaired) electrons. The lowest BCUT2D eigenvalue weighted by Gasteiger charge is -2.28. The van der Waals surface area contributed by atoms with Gasteiger partial charge in [-0.2, -0.15) is 0 Å². The number of amides is 1. The molecular weight excluding hydrogens is 516 g/mol. The van der Waals surface area contributed by atoms with Gasteiger partial charge in [-0.3, -0.25) is 18.8 Å². The molecule has 0 saturated carbocycles. The Morgan fingerprint density at radius 3 is 2.29 bits per heavy atom. The first-order valence-electron chi connectivity index (χ1n) is 10.1. The van der Waals surface area contributed by atoms with E-state index in [1.807, 2.05) is 0 Å². The van der Waals surface area contributed by atoms with Gasteiger partial charge in [0.05, 0.1) is 40.9 Å². The number of hydrogen-bond donors (Lipinski definition) is 2. The second kappa shape index (κ2) is 10.5. The summed E-state index contributed by atoms with van der Waals surface area (Å²) in [4.78, 5) is 16.7. The first-order chi connectivity index (χ1) is 16.4. The van der Waals surface area contributed by atoms with Crippen LogP contribution in [-0.2, 0) is 24.8 Å². The minimum atomic E-state index is -3.87. The monoisotopic (exact) mass is 538 g/mol. The van der Waals surface area contributed by atoms with Crippen molar-refractivity contribution in [3.63, 3.8) is 0 Å². The van der Waals surface area contributed by atoms with Crippen molar-refractivity contribution in [2.45, 2.75) is 17.9 Å². The van der Waals surface area contributed by atoms with E-state index in [0.717, 1.165) is 10.6 Å². The highest BCUT2D eigenvalue weighted by atomic mass is 35.5. The summed E-state index contributed by atoms with van der Waals surface area (Å²) in [5.41, 5.74) is 0.769. The van der Waals surface area contributed by atoms with Crippen molar-refractivity contribution in [1.82, 2.24) is 4.98 Å². The molecule has 0 aliphatic carbocycles. The third-order valence-corrected chi connectivity index (χ3v) is 7.76. The third kappa shape index (κ3) is 6.41. The Bertz CT molecular complexity index is 1420. The van der Waals surface area contributed by atoms with E-state index in [4.69, 9.17) is 16.3 Å². The standard InChI is InChI=1S/C22H23ClN4O6S2/c1-15(27(34(3,29)30)18-8-11-21(33-2)20(23)13-18)22(28)25-16-6-9-19(10-7-16)35(31,32)26-17-5-4-12-24-14-17/h4-15,26H,1-3H3,(H,25,28)/t15-/m1/s1. The SMILES string of the molecule is COc1ccc(N([C@H](C)C(=O)Nc2ccc(S(=O)(=O)Nc3cccnc3)cc2)S(C)(=O)=O)cc1Cl. The van der Waals surface area contributed by atoms with E-state index in [1.165, 1.54) is 68.9 Å². The van der Waals surface area contributed by atoms with E-state index in [9.17, 15) is 21.6 Å². The zero-order valence-electron chi connectivity index (χ0n) is 19.0. The molecule has 3 rings (SSSR count). The molecule has 1 amide bonds. The van der Waals surface area contributed by atoms with Gasteiger partial charge >= 0.3 is 0 Å². The summed E-state index contributed by atoms with van der Waals surface area (Å²) in [5.74, 6) is -0.277. The minimum absolute atomic E-state index is 0.0296. The van der Waals surface area contributed by atoms with Crippen LogP contribution in [0.25, 0.3) is 0 Å². The summed E-state index contributed by atoms with van der Waals surface area (Å²) < 4.78 is 58.5. The number of halogens is 1. The lowest BCUT2D eigenvalue weighted by Crippen LogP contribution is -2.45. The Hall–Kier alpha value is -3.35. The van der Waals surface area contributed by atoms with Crippen LogP contribution < -0.4 is 19.1 Å². The van der Waals surface area contributed by atoms with Gasteiger partial charge in [-0.05, 0) is 61.5 Å². The largest absolute Gasteiger partial charge is 0.495 e. The smallest absolute Gasteiger partial charge is 0.261 e. The maximum absolute atomic E-state index is 12.9. The van der Waals surface area contributed by atoms with Gasteiger partial charge in [0.1, 0.15) is 11.8 Å². The van der Waals surface area contributed by atoms with Crippen molar-refractivity contribution in [2.75, 3.05) is 27.7 Å². The Morgan fingerprint density at radius 2 is 1.74 bits per heavy atom. The predicted molar refractivity (Wildman–Crippen MR) is 135 cm³/mol. The van der Waals surface area contributed by atoms with Gasteiger partial charge in [0.25, 0.3) is 10.0 Å². The molecule has 1 aromatic heterocycles. The van der Waals surface area contributed by atoms with E-state index in [1.54, 1.807) is 12.1 Å². The molecule has 0 saturated heterocycles. The molecule has 186 valence electrons. The molecule has 35 heavy (non-hydrogen) atoms. The highest BCUT2D eigenvalue weighted by molar-refractivity contribution is 7.92. The van der Waals surface area contributed by atoms with E-state index in [-0.39, 0.29) is 21.3 Å². The first-order valence-corrected chi connectivity index (χ1v) is 13.8. The van der Waals surface area contributed by atoms with Gasteiger partial charge in [-0.1, -0.05) is 11.6 Å². The average molecular weight is 539 g/mol. The Kier molecular flexibility index (Phi) is 7.88. The Labute approximate surface area is 209 Å². The van der Waals surface area contributed by atoms with Crippen molar-refractivity contribution >= 4 is 54.6 Å². The Morgan fingerprint density at radius 1 is 1.06 bits per heavy atom. The summed E-state index contributed by atoms with van der Waals surface area (Å²) in [5, 5.41) is 2.78. The van der Waals surface area contributed by atoms with E-state index in [0.29, 0.717) is 11.4 Å². The second-order valence-corrected chi connectivity index (χ2v) is 11.4. The van der Waals surface area contributed by atoms with Crippen molar-refractivity contribution in [3.8, 4) is 5.75 Å². The summed E-state index contributed by atoms with van der Waals surface area (Å²) in [6.45, 7) is 1.42. The first kappa shape index (κ1) is 26.3. The van der Waals surface area contributed by atoms with Gasteiger partial charge in [0, 0.05) is 11.9 Å². The van der Waals surface area contributed by atoms with Gasteiger partial charge in [-0.25, -0.2) is 16.8 Å². The van der Waals surface area contributed by atoms with E-state index < -0.39 is 32.0 Å². The maximum Gasteiger partial charge on any atom is 0.261 e. The Balaban J connectivity index is 1.78. The molecule has 0 unspecified atom stereocenters. The maximum atomic E-state index is 12.9. The fourth-order valence-corrected chi connectivity index (χ4v) is 5.66. The van der Waals surface area contributed by atoms with Crippen LogP contribution in [0.3, 0.4) is 0 Å². The van der Waals surface area contributed by atoms with Crippen LogP contribution in [0.4, 0.5) is 17.1 Å². The number of sulfonamides is 2. The fraction of sp³-hybridized carbons (Fsp3) is 0.182. The molecule has 1 atom stereocenters. The number of hydrogen-bond acceptors (Lipinski definition) is 7. The number of nitrogens with zero attached hydrogens (tertiary/aromatic N) is 2. The summed E-state index contributed by atoms with van der Waals surface area (Å²) in [7, 11) is -6.31. The van der Waals surface area contributed by atoms with Crippen LogP contribution in [0, 0.1) is 0 Å². The molecule has 0 spiro atoms.